The van der Waals surface area contributed by atoms with Gasteiger partial charge in [-0.2, -0.15) is 0 Å². The maximum Gasteiger partial charge on any atom is 0.222 e. The van der Waals surface area contributed by atoms with Crippen LogP contribution in [0.4, 0.5) is 5.95 Å². The molecule has 1 aromatic heterocycles. The van der Waals surface area contributed by atoms with Gasteiger partial charge >= 0.3 is 0 Å². The maximum absolute atomic E-state index is 5.43. The highest BCUT2D eigenvalue weighted by atomic mass is 79.9. The average molecular weight is 275 g/mol. The molecule has 6 nitrogen and oxygen atoms in total. The van der Waals surface area contributed by atoms with Crippen molar-refractivity contribution < 1.29 is 0 Å². The number of anilines is 1. The number of halogens is 1. The van der Waals surface area contributed by atoms with E-state index in [1.165, 1.54) is 0 Å². The number of aromatic nitrogens is 2. The minimum atomic E-state index is 0. The second-order valence-corrected chi connectivity index (χ2v) is 2.53. The molecule has 0 aliphatic rings. The molecule has 0 radical (unpaired) electrons. The van der Waals surface area contributed by atoms with Gasteiger partial charge in [-0.05, 0) is 6.07 Å². The predicted octanol–water partition coefficient (Wildman–Crippen LogP) is 0.000500. The van der Waals surface area contributed by atoms with Crippen LogP contribution < -0.4 is 16.4 Å². The first-order valence-electron chi connectivity index (χ1n) is 4.30. The summed E-state index contributed by atoms with van der Waals surface area (Å²) in [5.74, 6) is 1.04. The zero-order valence-corrected chi connectivity index (χ0v) is 10.2. The number of hydrogen-bond donors (Lipinski definition) is 3. The van der Waals surface area contributed by atoms with E-state index in [9.17, 15) is 0 Å². The standard InChI is InChI=1S/C8H14N6.BrH/c1-10-7(9)11-5-6-14-8-12-3-2-4-13-8;/h2-4H,5-6H2,1H3,(H3,9,10,11)(H,12,13,14);1H. The van der Waals surface area contributed by atoms with E-state index < -0.39 is 0 Å². The lowest BCUT2D eigenvalue weighted by Gasteiger charge is -2.05. The summed E-state index contributed by atoms with van der Waals surface area (Å²) in [5, 5.41) is 5.94. The van der Waals surface area contributed by atoms with Crippen LogP contribution in [0.2, 0.25) is 0 Å². The molecule has 0 bridgehead atoms. The molecular weight excluding hydrogens is 260 g/mol. The zero-order valence-electron chi connectivity index (χ0n) is 8.47. The second-order valence-electron chi connectivity index (χ2n) is 2.53. The molecule has 0 aliphatic heterocycles. The molecule has 1 aromatic rings. The Labute approximate surface area is 99.2 Å². The van der Waals surface area contributed by atoms with E-state index in [4.69, 9.17) is 5.73 Å². The highest BCUT2D eigenvalue weighted by molar-refractivity contribution is 8.93. The third-order valence-corrected chi connectivity index (χ3v) is 1.52. The van der Waals surface area contributed by atoms with Crippen LogP contribution in [0.3, 0.4) is 0 Å². The molecule has 15 heavy (non-hydrogen) atoms. The summed E-state index contributed by atoms with van der Waals surface area (Å²) in [5.41, 5.74) is 5.43. The van der Waals surface area contributed by atoms with Crippen LogP contribution in [0, 0.1) is 0 Å². The summed E-state index contributed by atoms with van der Waals surface area (Å²) >= 11 is 0. The van der Waals surface area contributed by atoms with Gasteiger partial charge in [0.25, 0.3) is 0 Å². The van der Waals surface area contributed by atoms with Crippen LogP contribution in [-0.4, -0.2) is 36.1 Å². The van der Waals surface area contributed by atoms with E-state index in [0.29, 0.717) is 25.0 Å². The van der Waals surface area contributed by atoms with Gasteiger partial charge in [0.1, 0.15) is 0 Å². The van der Waals surface area contributed by atoms with Crippen molar-refractivity contribution in [1.82, 2.24) is 15.3 Å². The molecule has 4 N–H and O–H groups in total. The fraction of sp³-hybridized carbons (Fsp3) is 0.375. The summed E-state index contributed by atoms with van der Waals surface area (Å²) < 4.78 is 0. The Morgan fingerprint density at radius 1 is 1.40 bits per heavy atom. The Morgan fingerprint density at radius 2 is 2.07 bits per heavy atom. The van der Waals surface area contributed by atoms with Crippen molar-refractivity contribution in [3.8, 4) is 0 Å². The third-order valence-electron chi connectivity index (χ3n) is 1.52. The van der Waals surface area contributed by atoms with Gasteiger partial charge in [0.2, 0.25) is 5.95 Å². The molecule has 1 heterocycles. The van der Waals surface area contributed by atoms with Crippen molar-refractivity contribution in [1.29, 1.82) is 0 Å². The van der Waals surface area contributed by atoms with Crippen molar-refractivity contribution in [3.05, 3.63) is 18.5 Å². The summed E-state index contributed by atoms with van der Waals surface area (Å²) in [4.78, 5) is 11.8. The number of rotatable bonds is 4. The quantitative estimate of drug-likeness (QED) is 0.409. The minimum absolute atomic E-state index is 0. The number of nitrogens with two attached hydrogens (primary N) is 1. The molecule has 0 aliphatic carbocycles. The van der Waals surface area contributed by atoms with Crippen LogP contribution in [-0.2, 0) is 0 Å². The lowest BCUT2D eigenvalue weighted by atomic mass is 10.6. The van der Waals surface area contributed by atoms with Crippen molar-refractivity contribution in [2.45, 2.75) is 0 Å². The highest BCUT2D eigenvalue weighted by Gasteiger charge is 1.92. The van der Waals surface area contributed by atoms with E-state index in [1.807, 2.05) is 0 Å². The van der Waals surface area contributed by atoms with Crippen molar-refractivity contribution in [3.63, 3.8) is 0 Å². The van der Waals surface area contributed by atoms with Gasteiger partial charge in [-0.1, -0.05) is 0 Å². The van der Waals surface area contributed by atoms with Crippen LogP contribution in [0.1, 0.15) is 0 Å². The lowest BCUT2D eigenvalue weighted by molar-refractivity contribution is 0.884. The summed E-state index contributed by atoms with van der Waals surface area (Å²) in [6.45, 7) is 1.38. The fourth-order valence-corrected chi connectivity index (χ4v) is 0.834. The van der Waals surface area contributed by atoms with Gasteiger partial charge < -0.3 is 16.4 Å². The monoisotopic (exact) mass is 274 g/mol. The largest absolute Gasteiger partial charge is 0.370 e. The minimum Gasteiger partial charge on any atom is -0.370 e. The van der Waals surface area contributed by atoms with Crippen LogP contribution in [0.5, 0.6) is 0 Å². The van der Waals surface area contributed by atoms with Gasteiger partial charge in [-0.25, -0.2) is 9.97 Å². The van der Waals surface area contributed by atoms with E-state index in [2.05, 4.69) is 25.6 Å². The molecule has 84 valence electrons. The molecular formula is C8H15BrN6. The van der Waals surface area contributed by atoms with E-state index in [1.54, 1.807) is 25.5 Å². The first-order valence-corrected chi connectivity index (χ1v) is 4.30. The average Bonchev–Trinajstić information content (AvgIpc) is 2.25. The molecule has 0 amide bonds. The Kier molecular flexibility index (Phi) is 7.25. The topological polar surface area (TPSA) is 88.2 Å². The van der Waals surface area contributed by atoms with Crippen LogP contribution in [0.25, 0.3) is 0 Å². The summed E-state index contributed by atoms with van der Waals surface area (Å²) in [6, 6.07) is 1.77. The first-order chi connectivity index (χ1) is 6.83. The zero-order chi connectivity index (χ0) is 10.2. The smallest absolute Gasteiger partial charge is 0.222 e. The Balaban J connectivity index is 0.00000196. The SMILES string of the molecule is Br.CN=C(N)NCCNc1ncccn1. The highest BCUT2D eigenvalue weighted by Crippen LogP contribution is 1.91. The first kappa shape index (κ1) is 13.6. The third kappa shape index (κ3) is 5.84. The van der Waals surface area contributed by atoms with E-state index >= 15 is 0 Å². The van der Waals surface area contributed by atoms with Crippen molar-refractivity contribution in [2.75, 3.05) is 25.5 Å². The molecule has 0 fully saturated rings. The van der Waals surface area contributed by atoms with Gasteiger partial charge in [-0.3, -0.25) is 4.99 Å². The number of hydrogen-bond acceptors (Lipinski definition) is 4. The molecule has 0 saturated carbocycles. The number of nitrogens with one attached hydrogen (secondary N) is 2. The molecule has 0 aromatic carbocycles. The maximum atomic E-state index is 5.43. The van der Waals surface area contributed by atoms with Gasteiger partial charge in [0.05, 0.1) is 0 Å². The predicted molar refractivity (Wildman–Crippen MR) is 66.4 cm³/mol. The van der Waals surface area contributed by atoms with Crippen molar-refractivity contribution >= 4 is 28.9 Å². The van der Waals surface area contributed by atoms with E-state index in [-0.39, 0.29) is 17.0 Å². The van der Waals surface area contributed by atoms with Gasteiger partial charge in [0, 0.05) is 32.5 Å². The molecule has 0 saturated heterocycles. The second kappa shape index (κ2) is 7.98. The molecule has 0 spiro atoms. The van der Waals surface area contributed by atoms with Crippen LogP contribution in [0.15, 0.2) is 23.5 Å². The normalized spacial score (nSPS) is 10.3. The lowest BCUT2D eigenvalue weighted by Crippen LogP contribution is -2.34. The molecule has 7 heteroatoms. The van der Waals surface area contributed by atoms with E-state index in [0.717, 1.165) is 0 Å². The van der Waals surface area contributed by atoms with Gasteiger partial charge in [-0.15, -0.1) is 17.0 Å². The molecule has 1 rings (SSSR count). The Hall–Kier alpha value is -1.37. The molecule has 0 atom stereocenters. The van der Waals surface area contributed by atoms with Crippen LogP contribution >= 0.6 is 17.0 Å². The number of nitrogens with zero attached hydrogens (tertiary/aromatic N) is 3. The fourth-order valence-electron chi connectivity index (χ4n) is 0.834. The Bertz CT molecular complexity index is 288. The molecule has 0 unspecified atom stereocenters. The summed E-state index contributed by atoms with van der Waals surface area (Å²) in [7, 11) is 1.63. The van der Waals surface area contributed by atoms with Gasteiger partial charge in [0.15, 0.2) is 5.96 Å². The summed E-state index contributed by atoms with van der Waals surface area (Å²) in [6.07, 6.45) is 3.37. The number of aliphatic imine (C=N–C) groups is 1. The Morgan fingerprint density at radius 3 is 2.67 bits per heavy atom. The number of guanidine groups is 1. The van der Waals surface area contributed by atoms with Crippen molar-refractivity contribution in [2.24, 2.45) is 10.7 Å².